The zero-order chi connectivity index (χ0) is 25.6. The molecule has 0 spiro atoms. The number of rotatable bonds is 7. The third-order valence-corrected chi connectivity index (χ3v) is 6.42. The molecule has 5 rings (SSSR count). The van der Waals surface area contributed by atoms with Gasteiger partial charge in [0.15, 0.2) is 11.5 Å². The Balaban J connectivity index is 1.69. The normalized spacial score (nSPS) is 14.7. The third-order valence-electron chi connectivity index (χ3n) is 6.42. The number of fused-ring (bicyclic) bond motifs is 1. The van der Waals surface area contributed by atoms with Gasteiger partial charge < -0.3 is 15.6 Å². The van der Waals surface area contributed by atoms with Gasteiger partial charge in [0.05, 0.1) is 5.56 Å². The van der Waals surface area contributed by atoms with Gasteiger partial charge in [-0.15, -0.1) is 0 Å². The predicted octanol–water partition coefficient (Wildman–Crippen LogP) is 5.18. The lowest BCUT2D eigenvalue weighted by Crippen LogP contribution is -2.22. The minimum Gasteiger partial charge on any atom is -0.365 e. The highest BCUT2D eigenvalue weighted by atomic mass is 19.4. The number of nitrogens with two attached hydrogens (primary N) is 1. The van der Waals surface area contributed by atoms with Crippen molar-refractivity contribution in [2.24, 2.45) is 11.7 Å². The molecule has 1 saturated carbocycles. The molecule has 1 aliphatic carbocycles. The van der Waals surface area contributed by atoms with Crippen molar-refractivity contribution in [3.8, 4) is 11.4 Å². The topological polar surface area (TPSA) is 98.7 Å². The van der Waals surface area contributed by atoms with Gasteiger partial charge in [0.2, 0.25) is 5.82 Å². The Hall–Kier alpha value is -3.95. The van der Waals surface area contributed by atoms with Crippen LogP contribution >= 0.6 is 0 Å². The first kappa shape index (κ1) is 23.8. The number of hydrogen-bond donors (Lipinski definition) is 2. The fourth-order valence-electron chi connectivity index (χ4n) is 4.32. The summed E-state index contributed by atoms with van der Waals surface area (Å²) in [5, 5.41) is 3.40. The number of carbonyl (C=O) groups excluding carboxylic acids is 1. The van der Waals surface area contributed by atoms with Crippen molar-refractivity contribution in [3.63, 3.8) is 0 Å². The van der Waals surface area contributed by atoms with E-state index in [4.69, 9.17) is 10.7 Å². The smallest absolute Gasteiger partial charge is 0.365 e. The maximum absolute atomic E-state index is 13.1. The summed E-state index contributed by atoms with van der Waals surface area (Å²) in [4.78, 5) is 25.4. The molecule has 1 fully saturated rings. The molecule has 0 saturated heterocycles. The Bertz CT molecular complexity index is 1440. The third kappa shape index (κ3) is 4.75. The summed E-state index contributed by atoms with van der Waals surface area (Å²) >= 11 is 0. The Morgan fingerprint density at radius 3 is 2.47 bits per heavy atom. The van der Waals surface area contributed by atoms with Crippen molar-refractivity contribution in [2.45, 2.75) is 45.5 Å². The molecule has 186 valence electrons. The van der Waals surface area contributed by atoms with Crippen molar-refractivity contribution < 1.29 is 18.0 Å². The number of hydrogen-bond acceptors (Lipinski definition) is 5. The first-order valence-electron chi connectivity index (χ1n) is 11.7. The zero-order valence-corrected chi connectivity index (χ0v) is 19.8. The van der Waals surface area contributed by atoms with Crippen LogP contribution in [0.3, 0.4) is 0 Å². The van der Waals surface area contributed by atoms with E-state index in [9.17, 15) is 18.0 Å². The minimum absolute atomic E-state index is 0.0978. The molecule has 2 heterocycles. The highest BCUT2D eigenvalue weighted by Crippen LogP contribution is 2.36. The van der Waals surface area contributed by atoms with E-state index in [1.54, 1.807) is 0 Å². The second-order valence-corrected chi connectivity index (χ2v) is 9.29. The first-order valence-corrected chi connectivity index (χ1v) is 11.7. The van der Waals surface area contributed by atoms with E-state index in [-0.39, 0.29) is 24.1 Å². The van der Waals surface area contributed by atoms with Crippen LogP contribution in [-0.2, 0) is 12.7 Å². The van der Waals surface area contributed by atoms with Crippen LogP contribution in [-0.4, -0.2) is 31.5 Å². The van der Waals surface area contributed by atoms with Gasteiger partial charge in [-0.2, -0.15) is 13.2 Å². The number of nitrogens with one attached hydrogen (secondary N) is 1. The van der Waals surface area contributed by atoms with E-state index in [2.05, 4.69) is 15.3 Å². The Kier molecular flexibility index (Phi) is 5.89. The van der Waals surface area contributed by atoms with Crippen LogP contribution in [0.1, 0.15) is 47.1 Å². The van der Waals surface area contributed by atoms with E-state index >= 15 is 0 Å². The molecule has 7 nitrogen and oxygen atoms in total. The quantitative estimate of drug-likeness (QED) is 0.369. The van der Waals surface area contributed by atoms with Crippen LogP contribution in [0.4, 0.5) is 19.0 Å². The molecule has 0 radical (unpaired) electrons. The molecule has 36 heavy (non-hydrogen) atoms. The van der Waals surface area contributed by atoms with Crippen molar-refractivity contribution in [2.75, 3.05) is 5.32 Å². The van der Waals surface area contributed by atoms with Gasteiger partial charge in [-0.1, -0.05) is 35.9 Å². The predicted molar refractivity (Wildman–Crippen MR) is 130 cm³/mol. The molecule has 2 aromatic heterocycles. The molecule has 1 amide bonds. The number of amides is 1. The highest BCUT2D eigenvalue weighted by Gasteiger charge is 2.31. The number of benzene rings is 2. The van der Waals surface area contributed by atoms with E-state index < -0.39 is 17.6 Å². The van der Waals surface area contributed by atoms with Gasteiger partial charge in [-0.05, 0) is 56.4 Å². The average Bonchev–Trinajstić information content (AvgIpc) is 3.61. The van der Waals surface area contributed by atoms with Gasteiger partial charge >= 0.3 is 6.18 Å². The molecular weight excluding hydrogens is 469 g/mol. The summed E-state index contributed by atoms with van der Waals surface area (Å²) in [5.41, 5.74) is 8.11. The first-order chi connectivity index (χ1) is 17.1. The van der Waals surface area contributed by atoms with Gasteiger partial charge in [-0.25, -0.2) is 15.0 Å². The van der Waals surface area contributed by atoms with E-state index in [0.29, 0.717) is 28.6 Å². The number of anilines is 1. The number of carbonyl (C=O) groups is 1. The number of primary amides is 1. The maximum Gasteiger partial charge on any atom is 0.416 e. The fraction of sp³-hybridized carbons (Fsp3) is 0.308. The second kappa shape index (κ2) is 8.92. The summed E-state index contributed by atoms with van der Waals surface area (Å²) < 4.78 is 41.2. The molecule has 1 atom stereocenters. The van der Waals surface area contributed by atoms with Crippen LogP contribution < -0.4 is 11.1 Å². The highest BCUT2D eigenvalue weighted by molar-refractivity contribution is 5.94. The zero-order valence-electron chi connectivity index (χ0n) is 19.8. The van der Waals surface area contributed by atoms with Gasteiger partial charge in [0.1, 0.15) is 11.3 Å². The van der Waals surface area contributed by atoms with Crippen LogP contribution in [0.15, 0.2) is 48.5 Å². The summed E-state index contributed by atoms with van der Waals surface area (Å²) in [6.07, 6.45) is -2.21. The molecule has 10 heteroatoms. The average molecular weight is 495 g/mol. The lowest BCUT2D eigenvalue weighted by atomic mass is 10.1. The number of aromatic nitrogens is 4. The van der Waals surface area contributed by atoms with Gasteiger partial charge in [0, 0.05) is 18.2 Å². The molecular formula is C26H25F3N6O. The maximum atomic E-state index is 13.1. The number of aryl methyl sites for hydroxylation is 1. The number of alkyl halides is 3. The lowest BCUT2D eigenvalue weighted by Gasteiger charge is -2.17. The Morgan fingerprint density at radius 1 is 1.14 bits per heavy atom. The fourth-order valence-corrected chi connectivity index (χ4v) is 4.32. The van der Waals surface area contributed by atoms with E-state index in [1.165, 1.54) is 12.1 Å². The van der Waals surface area contributed by atoms with E-state index in [0.717, 1.165) is 36.1 Å². The Labute approximate surface area is 205 Å². The Morgan fingerprint density at radius 2 is 1.86 bits per heavy atom. The molecule has 1 aliphatic rings. The summed E-state index contributed by atoms with van der Waals surface area (Å²) in [5.74, 6) is 0.559. The van der Waals surface area contributed by atoms with Crippen LogP contribution in [0, 0.1) is 12.8 Å². The largest absolute Gasteiger partial charge is 0.416 e. The van der Waals surface area contributed by atoms with Crippen molar-refractivity contribution in [3.05, 3.63) is 71.0 Å². The molecule has 0 bridgehead atoms. The van der Waals surface area contributed by atoms with Gasteiger partial charge in [-0.3, -0.25) is 4.79 Å². The standard InChI is InChI=1S/C26H25F3N6O/c1-14-4-3-5-18(12-14)25-34-23-20(35(25)13-16-6-10-19(11-7-16)26(27,28)29)22(31-15(2)17-8-9-17)32-24(33-23)21(30)36/h3-7,10-12,15,17H,8-9,13H2,1-2H3,(H2,30,36)(H,31,32,33). The van der Waals surface area contributed by atoms with E-state index in [1.807, 2.05) is 42.7 Å². The van der Waals surface area contributed by atoms with Crippen LogP contribution in [0.25, 0.3) is 22.6 Å². The number of halogens is 3. The van der Waals surface area contributed by atoms with Crippen LogP contribution in [0.2, 0.25) is 0 Å². The molecule has 0 aliphatic heterocycles. The molecule has 4 aromatic rings. The summed E-state index contributed by atoms with van der Waals surface area (Å²) in [7, 11) is 0. The molecule has 3 N–H and O–H groups in total. The monoisotopic (exact) mass is 494 g/mol. The number of nitrogens with zero attached hydrogens (tertiary/aromatic N) is 4. The van der Waals surface area contributed by atoms with Crippen molar-refractivity contribution >= 4 is 22.9 Å². The SMILES string of the molecule is Cc1cccc(-c2nc3nc(C(N)=O)nc(NC(C)C4CC4)c3n2Cc2ccc(C(F)(F)F)cc2)c1. The number of imidazole rings is 1. The summed E-state index contributed by atoms with van der Waals surface area (Å²) in [6.45, 7) is 4.24. The molecule has 1 unspecified atom stereocenters. The second-order valence-electron chi connectivity index (χ2n) is 9.29. The van der Waals surface area contributed by atoms with Crippen molar-refractivity contribution in [1.29, 1.82) is 0 Å². The molecule has 2 aromatic carbocycles. The van der Waals surface area contributed by atoms with Gasteiger partial charge in [0.25, 0.3) is 5.91 Å². The lowest BCUT2D eigenvalue weighted by molar-refractivity contribution is -0.137. The summed E-state index contributed by atoms with van der Waals surface area (Å²) in [6, 6.07) is 12.9. The van der Waals surface area contributed by atoms with Crippen LogP contribution in [0.5, 0.6) is 0 Å². The minimum atomic E-state index is -4.41. The van der Waals surface area contributed by atoms with Crippen molar-refractivity contribution in [1.82, 2.24) is 19.5 Å².